The summed E-state index contributed by atoms with van der Waals surface area (Å²) in [5, 5.41) is 13.5. The van der Waals surface area contributed by atoms with E-state index in [0.29, 0.717) is 24.8 Å². The van der Waals surface area contributed by atoms with Crippen molar-refractivity contribution in [2.75, 3.05) is 26.8 Å². The molecule has 0 radical (unpaired) electrons. The summed E-state index contributed by atoms with van der Waals surface area (Å²) in [6.45, 7) is 5.40. The minimum Gasteiger partial charge on any atom is -0.396 e. The first-order valence-corrected chi connectivity index (χ1v) is 7.85. The van der Waals surface area contributed by atoms with Crippen LogP contribution in [0.2, 0.25) is 0 Å². The summed E-state index contributed by atoms with van der Waals surface area (Å²) in [5.41, 5.74) is 0. The molecule has 1 aromatic heterocycles. The van der Waals surface area contributed by atoms with E-state index >= 15 is 0 Å². The van der Waals surface area contributed by atoms with Crippen LogP contribution in [0.1, 0.15) is 44.3 Å². The molecule has 2 atom stereocenters. The lowest BCUT2D eigenvalue weighted by Crippen LogP contribution is -2.34. The molecule has 22 heavy (non-hydrogen) atoms. The Bertz CT molecular complexity index is 487. The largest absolute Gasteiger partial charge is 0.396 e. The number of aromatic nitrogens is 2. The summed E-state index contributed by atoms with van der Waals surface area (Å²) in [5.74, 6) is 0.993. The lowest BCUT2D eigenvalue weighted by Gasteiger charge is -2.21. The highest BCUT2D eigenvalue weighted by atomic mass is 16.5. The highest BCUT2D eigenvalue weighted by Gasteiger charge is 2.40. The maximum atomic E-state index is 12.5. The van der Waals surface area contributed by atoms with Crippen molar-refractivity contribution in [3.8, 4) is 0 Å². The fourth-order valence-corrected chi connectivity index (χ4v) is 3.02. The number of ether oxygens (including phenoxy) is 1. The van der Waals surface area contributed by atoms with Gasteiger partial charge in [-0.25, -0.2) is 0 Å². The van der Waals surface area contributed by atoms with Crippen molar-refractivity contribution >= 4 is 5.91 Å². The number of rotatable bonds is 7. The number of aliphatic hydroxyl groups excluding tert-OH is 1. The van der Waals surface area contributed by atoms with E-state index in [4.69, 9.17) is 9.26 Å². The van der Waals surface area contributed by atoms with Crippen LogP contribution in [-0.4, -0.2) is 52.9 Å². The van der Waals surface area contributed by atoms with E-state index in [1.165, 1.54) is 0 Å². The first-order chi connectivity index (χ1) is 10.6. The van der Waals surface area contributed by atoms with Gasteiger partial charge in [0.15, 0.2) is 5.82 Å². The molecule has 0 unspecified atom stereocenters. The van der Waals surface area contributed by atoms with Crippen molar-refractivity contribution in [3.63, 3.8) is 0 Å². The fraction of sp³-hybridized carbons (Fsp3) is 0.800. The van der Waals surface area contributed by atoms with Gasteiger partial charge >= 0.3 is 0 Å². The molecule has 1 aromatic rings. The van der Waals surface area contributed by atoms with Gasteiger partial charge in [0.2, 0.25) is 11.8 Å². The molecule has 7 nitrogen and oxygen atoms in total. The van der Waals surface area contributed by atoms with E-state index < -0.39 is 0 Å². The molecule has 0 aromatic carbocycles. The molecule has 7 heteroatoms. The van der Waals surface area contributed by atoms with Gasteiger partial charge in [0.25, 0.3) is 0 Å². The van der Waals surface area contributed by atoms with Crippen LogP contribution in [0.3, 0.4) is 0 Å². The topological polar surface area (TPSA) is 88.7 Å². The van der Waals surface area contributed by atoms with Crippen LogP contribution in [-0.2, 0) is 16.1 Å². The predicted octanol–water partition coefficient (Wildman–Crippen LogP) is 1.19. The molecule has 1 saturated heterocycles. The van der Waals surface area contributed by atoms with E-state index in [9.17, 15) is 9.90 Å². The fourth-order valence-electron chi connectivity index (χ4n) is 3.02. The number of hydrogen-bond acceptors (Lipinski definition) is 6. The molecular weight excluding hydrogens is 286 g/mol. The number of carbonyl (C=O) groups is 1. The monoisotopic (exact) mass is 311 g/mol. The van der Waals surface area contributed by atoms with Crippen molar-refractivity contribution in [1.29, 1.82) is 0 Å². The average molecular weight is 311 g/mol. The Morgan fingerprint density at radius 3 is 2.77 bits per heavy atom. The second-order valence-electron chi connectivity index (χ2n) is 5.79. The number of nitrogens with zero attached hydrogens (tertiary/aromatic N) is 3. The van der Waals surface area contributed by atoms with Crippen LogP contribution in [0, 0.1) is 11.8 Å². The zero-order chi connectivity index (χ0) is 16.1. The lowest BCUT2D eigenvalue weighted by atomic mass is 9.97. The van der Waals surface area contributed by atoms with Gasteiger partial charge in [-0.15, -0.1) is 0 Å². The van der Waals surface area contributed by atoms with Gasteiger partial charge in [-0.1, -0.05) is 19.0 Å². The highest BCUT2D eigenvalue weighted by Crippen LogP contribution is 2.32. The third-order valence-electron chi connectivity index (χ3n) is 4.40. The molecule has 1 fully saturated rings. The first-order valence-electron chi connectivity index (χ1n) is 7.85. The summed E-state index contributed by atoms with van der Waals surface area (Å²) >= 11 is 0. The molecule has 2 heterocycles. The number of aliphatic hydroxyl groups is 1. The van der Waals surface area contributed by atoms with E-state index in [1.54, 1.807) is 7.11 Å². The number of likely N-dealkylation sites (tertiary alicyclic amines) is 1. The molecule has 0 spiro atoms. The van der Waals surface area contributed by atoms with E-state index in [0.717, 1.165) is 12.8 Å². The Labute approximate surface area is 130 Å². The predicted molar refractivity (Wildman–Crippen MR) is 79.0 cm³/mol. The normalized spacial score (nSPS) is 21.8. The van der Waals surface area contributed by atoms with Crippen molar-refractivity contribution in [2.45, 2.75) is 39.2 Å². The molecule has 1 aliphatic rings. The molecule has 0 aliphatic carbocycles. The number of carbonyl (C=O) groups excluding carboxylic acids is 1. The van der Waals surface area contributed by atoms with Gasteiger partial charge in [-0.3, -0.25) is 4.79 Å². The highest BCUT2D eigenvalue weighted by molar-refractivity contribution is 5.79. The van der Waals surface area contributed by atoms with Crippen LogP contribution in [0.5, 0.6) is 0 Å². The van der Waals surface area contributed by atoms with E-state index in [1.807, 2.05) is 18.7 Å². The van der Waals surface area contributed by atoms with E-state index in [2.05, 4.69) is 10.1 Å². The standard InChI is InChI=1S/C15H25N3O4/c1-4-10(5-2)15(20)18-6-11(8-19)12(7-18)14-16-13(9-21-3)17-22-14/h10-12,19H,4-9H2,1-3H3/t11-,12+/m0/s1. The molecule has 0 bridgehead atoms. The molecule has 1 aliphatic heterocycles. The summed E-state index contributed by atoms with van der Waals surface area (Å²) in [6, 6.07) is 0. The minimum absolute atomic E-state index is 0.000640. The molecule has 2 rings (SSSR count). The van der Waals surface area contributed by atoms with Gasteiger partial charge in [-0.2, -0.15) is 4.98 Å². The van der Waals surface area contributed by atoms with Crippen LogP contribution < -0.4 is 0 Å². The second kappa shape index (κ2) is 7.69. The zero-order valence-electron chi connectivity index (χ0n) is 13.5. The molecule has 1 N–H and O–H groups in total. The number of methoxy groups -OCH3 is 1. The van der Waals surface area contributed by atoms with Crippen LogP contribution in [0.25, 0.3) is 0 Å². The van der Waals surface area contributed by atoms with Gasteiger partial charge in [0, 0.05) is 38.6 Å². The van der Waals surface area contributed by atoms with E-state index in [-0.39, 0.29) is 36.9 Å². The molecule has 1 amide bonds. The summed E-state index contributed by atoms with van der Waals surface area (Å²) < 4.78 is 10.3. The molecular formula is C15H25N3O4. The Balaban J connectivity index is 2.10. The lowest BCUT2D eigenvalue weighted by molar-refractivity contribution is -0.134. The third kappa shape index (κ3) is 3.47. The number of amides is 1. The molecule has 0 saturated carbocycles. The van der Waals surface area contributed by atoms with Crippen molar-refractivity contribution < 1.29 is 19.2 Å². The Morgan fingerprint density at radius 2 is 2.18 bits per heavy atom. The van der Waals surface area contributed by atoms with Crippen molar-refractivity contribution in [2.24, 2.45) is 11.8 Å². The van der Waals surface area contributed by atoms with Crippen molar-refractivity contribution in [3.05, 3.63) is 11.7 Å². The van der Waals surface area contributed by atoms with Gasteiger partial charge in [-0.05, 0) is 12.8 Å². The van der Waals surface area contributed by atoms with Crippen molar-refractivity contribution in [1.82, 2.24) is 15.0 Å². The minimum atomic E-state index is -0.110. The van der Waals surface area contributed by atoms with Gasteiger partial charge < -0.3 is 19.3 Å². The number of hydrogen-bond donors (Lipinski definition) is 1. The second-order valence-corrected chi connectivity index (χ2v) is 5.79. The average Bonchev–Trinajstić information content (AvgIpc) is 3.14. The van der Waals surface area contributed by atoms with Gasteiger partial charge in [0.05, 0.1) is 5.92 Å². The Kier molecular flexibility index (Phi) is 5.90. The Morgan fingerprint density at radius 1 is 1.45 bits per heavy atom. The van der Waals surface area contributed by atoms with Gasteiger partial charge in [0.1, 0.15) is 6.61 Å². The van der Waals surface area contributed by atoms with Crippen LogP contribution in [0.15, 0.2) is 4.52 Å². The summed E-state index contributed by atoms with van der Waals surface area (Å²) in [6.07, 6.45) is 1.66. The quantitative estimate of drug-likeness (QED) is 0.813. The summed E-state index contributed by atoms with van der Waals surface area (Å²) in [4.78, 5) is 18.6. The SMILES string of the molecule is CCC(CC)C(=O)N1C[C@@H](CO)[C@H](c2nc(COC)no2)C1. The van der Waals surface area contributed by atoms with Crippen LogP contribution >= 0.6 is 0 Å². The summed E-state index contributed by atoms with van der Waals surface area (Å²) in [7, 11) is 1.57. The maximum absolute atomic E-state index is 12.5. The van der Waals surface area contributed by atoms with Crippen LogP contribution in [0.4, 0.5) is 0 Å². The maximum Gasteiger partial charge on any atom is 0.232 e. The smallest absolute Gasteiger partial charge is 0.232 e. The zero-order valence-corrected chi connectivity index (χ0v) is 13.5. The molecule has 124 valence electrons. The Hall–Kier alpha value is -1.47. The first kappa shape index (κ1) is 16.9. The third-order valence-corrected chi connectivity index (χ3v) is 4.40.